The van der Waals surface area contributed by atoms with Crippen LogP contribution in [-0.4, -0.2) is 33.3 Å². The van der Waals surface area contributed by atoms with E-state index in [1.165, 1.54) is 19.3 Å². The predicted molar refractivity (Wildman–Crippen MR) is 96.7 cm³/mol. The maximum absolute atomic E-state index is 11.8. The van der Waals surface area contributed by atoms with E-state index in [1.54, 1.807) is 13.3 Å². The van der Waals surface area contributed by atoms with Crippen molar-refractivity contribution in [2.24, 2.45) is 0 Å². The van der Waals surface area contributed by atoms with Gasteiger partial charge in [0, 0.05) is 29.1 Å². The summed E-state index contributed by atoms with van der Waals surface area (Å²) in [6.07, 6.45) is 6.45. The molecule has 0 bridgehead atoms. The third-order valence-electron chi connectivity index (χ3n) is 5.15. The van der Waals surface area contributed by atoms with E-state index in [2.05, 4.69) is 26.8 Å². The van der Waals surface area contributed by atoms with Crippen molar-refractivity contribution in [1.82, 2.24) is 15.0 Å². The Kier molecular flexibility index (Phi) is 3.71. The van der Waals surface area contributed by atoms with Crippen molar-refractivity contribution in [1.29, 1.82) is 0 Å². The van der Waals surface area contributed by atoms with Gasteiger partial charge in [0.15, 0.2) is 5.78 Å². The summed E-state index contributed by atoms with van der Waals surface area (Å²) >= 11 is 0. The van der Waals surface area contributed by atoms with Gasteiger partial charge in [0.05, 0.1) is 5.39 Å². The predicted octanol–water partition coefficient (Wildman–Crippen LogP) is 4.08. The fourth-order valence-corrected chi connectivity index (χ4v) is 3.85. The van der Waals surface area contributed by atoms with Gasteiger partial charge < -0.3 is 9.88 Å². The van der Waals surface area contributed by atoms with Crippen LogP contribution in [0.15, 0.2) is 24.5 Å². The Morgan fingerprint density at radius 2 is 2.21 bits per heavy atom. The fraction of sp³-hybridized carbons (Fsp3) is 0.421. The second kappa shape index (κ2) is 5.89. The smallest absolute Gasteiger partial charge is 0.159 e. The number of carbonyl (C=O) groups excluding carboxylic acids is 1. The zero-order chi connectivity index (χ0) is 16.7. The normalized spacial score (nSPS) is 18.4. The number of rotatable bonds is 3. The summed E-state index contributed by atoms with van der Waals surface area (Å²) in [7, 11) is 0. The molecular formula is C19H22N4O. The number of hydrogen-bond acceptors (Lipinski definition) is 4. The van der Waals surface area contributed by atoms with Crippen molar-refractivity contribution in [3.8, 4) is 0 Å². The van der Waals surface area contributed by atoms with Crippen LogP contribution in [0.25, 0.3) is 21.9 Å². The van der Waals surface area contributed by atoms with Gasteiger partial charge in [0.25, 0.3) is 0 Å². The first-order valence-corrected chi connectivity index (χ1v) is 8.73. The van der Waals surface area contributed by atoms with Crippen molar-refractivity contribution in [3.63, 3.8) is 0 Å². The van der Waals surface area contributed by atoms with Gasteiger partial charge in [-0.3, -0.25) is 4.79 Å². The Labute approximate surface area is 141 Å². The van der Waals surface area contributed by atoms with Crippen LogP contribution in [0.3, 0.4) is 0 Å². The number of fused-ring (bicyclic) bond motifs is 3. The lowest BCUT2D eigenvalue weighted by Crippen LogP contribution is -2.39. The number of benzene rings is 1. The molecule has 1 aromatic carbocycles. The number of aromatic amines is 1. The molecule has 1 aliphatic rings. The lowest BCUT2D eigenvalue weighted by Gasteiger charge is -2.36. The molecule has 4 rings (SSSR count). The number of carbonyl (C=O) groups is 1. The number of anilines is 1. The fourth-order valence-electron chi connectivity index (χ4n) is 3.85. The largest absolute Gasteiger partial charge is 0.353 e. The molecule has 1 saturated heterocycles. The molecule has 0 radical (unpaired) electrons. The minimum absolute atomic E-state index is 0.0778. The van der Waals surface area contributed by atoms with Crippen LogP contribution < -0.4 is 4.90 Å². The highest BCUT2D eigenvalue weighted by Crippen LogP contribution is 2.35. The van der Waals surface area contributed by atoms with E-state index >= 15 is 0 Å². The molecule has 1 atom stereocenters. The van der Waals surface area contributed by atoms with Gasteiger partial charge in [0.1, 0.15) is 17.8 Å². The zero-order valence-corrected chi connectivity index (χ0v) is 14.2. The number of ketones is 1. The standard InChI is InChI=1S/C19H22N4O/c1-3-14-6-4-5-9-23(14)19-17-15-10-13(12(2)24)7-8-16(15)22-18(17)20-11-21-19/h7-8,10-11,14H,3-6,9H2,1-2H3,(H,20,21,22). The molecule has 124 valence electrons. The Morgan fingerprint density at radius 3 is 3.00 bits per heavy atom. The number of hydrogen-bond donors (Lipinski definition) is 1. The van der Waals surface area contributed by atoms with Crippen LogP contribution in [0.2, 0.25) is 0 Å². The third-order valence-corrected chi connectivity index (χ3v) is 5.15. The van der Waals surface area contributed by atoms with Gasteiger partial charge in [-0.2, -0.15) is 0 Å². The van der Waals surface area contributed by atoms with E-state index in [4.69, 9.17) is 0 Å². The number of nitrogens with zero attached hydrogens (tertiary/aromatic N) is 3. The van der Waals surface area contributed by atoms with Crippen LogP contribution in [0.5, 0.6) is 0 Å². The Morgan fingerprint density at radius 1 is 1.33 bits per heavy atom. The quantitative estimate of drug-likeness (QED) is 0.738. The summed E-state index contributed by atoms with van der Waals surface area (Å²) in [5, 5.41) is 2.07. The minimum Gasteiger partial charge on any atom is -0.353 e. The summed E-state index contributed by atoms with van der Waals surface area (Å²) in [4.78, 5) is 26.6. The van der Waals surface area contributed by atoms with Gasteiger partial charge in [-0.1, -0.05) is 6.92 Å². The Balaban J connectivity index is 1.96. The Bertz CT molecular complexity index is 914. The summed E-state index contributed by atoms with van der Waals surface area (Å²) in [5.41, 5.74) is 2.57. The minimum atomic E-state index is 0.0778. The van der Waals surface area contributed by atoms with Crippen LogP contribution in [0.1, 0.15) is 49.9 Å². The first-order chi connectivity index (χ1) is 11.7. The lowest BCUT2D eigenvalue weighted by molar-refractivity contribution is 0.101. The molecule has 1 aliphatic heterocycles. The number of aromatic nitrogens is 3. The van der Waals surface area contributed by atoms with Gasteiger partial charge in [-0.05, 0) is 50.8 Å². The molecule has 5 heteroatoms. The molecule has 0 saturated carbocycles. The molecular weight excluding hydrogens is 300 g/mol. The van der Waals surface area contributed by atoms with Gasteiger partial charge in [0.2, 0.25) is 0 Å². The summed E-state index contributed by atoms with van der Waals surface area (Å²) in [6.45, 7) is 4.87. The SMILES string of the molecule is CCC1CCCCN1c1ncnc2[nH]c3ccc(C(C)=O)cc3c12. The molecule has 1 unspecified atom stereocenters. The van der Waals surface area contributed by atoms with E-state index in [-0.39, 0.29) is 5.78 Å². The highest BCUT2D eigenvalue weighted by molar-refractivity contribution is 6.13. The number of nitrogens with one attached hydrogen (secondary N) is 1. The van der Waals surface area contributed by atoms with Crippen molar-refractivity contribution in [3.05, 3.63) is 30.1 Å². The average Bonchev–Trinajstić information content (AvgIpc) is 2.99. The maximum atomic E-state index is 11.8. The molecule has 0 spiro atoms. The third kappa shape index (κ3) is 2.35. The van der Waals surface area contributed by atoms with Gasteiger partial charge >= 0.3 is 0 Å². The molecule has 24 heavy (non-hydrogen) atoms. The molecule has 0 amide bonds. The van der Waals surface area contributed by atoms with Crippen LogP contribution in [-0.2, 0) is 0 Å². The van der Waals surface area contributed by atoms with Crippen molar-refractivity contribution >= 4 is 33.5 Å². The molecule has 5 nitrogen and oxygen atoms in total. The van der Waals surface area contributed by atoms with E-state index in [0.29, 0.717) is 6.04 Å². The van der Waals surface area contributed by atoms with Crippen molar-refractivity contribution < 1.29 is 4.79 Å². The zero-order valence-electron chi connectivity index (χ0n) is 14.2. The molecule has 1 fully saturated rings. The second-order valence-electron chi connectivity index (χ2n) is 6.61. The number of Topliss-reactive ketones (excluding diaryl/α,β-unsaturated/α-hetero) is 1. The van der Waals surface area contributed by atoms with Gasteiger partial charge in [-0.15, -0.1) is 0 Å². The van der Waals surface area contributed by atoms with Crippen LogP contribution >= 0.6 is 0 Å². The maximum Gasteiger partial charge on any atom is 0.159 e. The van der Waals surface area contributed by atoms with E-state index in [9.17, 15) is 4.79 Å². The van der Waals surface area contributed by atoms with Gasteiger partial charge in [-0.25, -0.2) is 9.97 Å². The van der Waals surface area contributed by atoms with E-state index in [0.717, 1.165) is 46.3 Å². The van der Waals surface area contributed by atoms with Crippen LogP contribution in [0, 0.1) is 0 Å². The van der Waals surface area contributed by atoms with E-state index < -0.39 is 0 Å². The molecule has 0 aliphatic carbocycles. The summed E-state index contributed by atoms with van der Waals surface area (Å²) in [6, 6.07) is 6.32. The topological polar surface area (TPSA) is 61.9 Å². The van der Waals surface area contributed by atoms with Crippen molar-refractivity contribution in [2.45, 2.75) is 45.6 Å². The van der Waals surface area contributed by atoms with E-state index in [1.807, 2.05) is 18.2 Å². The second-order valence-corrected chi connectivity index (χ2v) is 6.61. The summed E-state index contributed by atoms with van der Waals surface area (Å²) < 4.78 is 0. The highest BCUT2D eigenvalue weighted by atomic mass is 16.1. The molecule has 3 aromatic rings. The average molecular weight is 322 g/mol. The molecule has 2 aromatic heterocycles. The molecule has 3 heterocycles. The van der Waals surface area contributed by atoms with Crippen LogP contribution in [0.4, 0.5) is 5.82 Å². The Hall–Kier alpha value is -2.43. The lowest BCUT2D eigenvalue weighted by atomic mass is 9.99. The molecule has 1 N–H and O–H groups in total. The first-order valence-electron chi connectivity index (χ1n) is 8.73. The number of H-pyrrole nitrogens is 1. The monoisotopic (exact) mass is 322 g/mol. The highest BCUT2D eigenvalue weighted by Gasteiger charge is 2.25. The first kappa shape index (κ1) is 15.1. The summed E-state index contributed by atoms with van der Waals surface area (Å²) in [5.74, 6) is 1.08. The number of piperidine rings is 1. The van der Waals surface area contributed by atoms with Crippen molar-refractivity contribution in [2.75, 3.05) is 11.4 Å².